The van der Waals surface area contributed by atoms with Crippen LogP contribution in [0.15, 0.2) is 54.9 Å². The van der Waals surface area contributed by atoms with Crippen molar-refractivity contribution in [2.75, 3.05) is 13.1 Å². The molecule has 27 heavy (non-hydrogen) atoms. The van der Waals surface area contributed by atoms with Crippen molar-refractivity contribution in [3.8, 4) is 5.69 Å². The van der Waals surface area contributed by atoms with Gasteiger partial charge in [0.15, 0.2) is 0 Å². The summed E-state index contributed by atoms with van der Waals surface area (Å²) < 4.78 is 2.07. The first-order valence-corrected chi connectivity index (χ1v) is 10.1. The molecule has 2 fully saturated rings. The number of benzene rings is 2. The molecule has 1 aliphatic carbocycles. The van der Waals surface area contributed by atoms with Gasteiger partial charge in [-0.2, -0.15) is 0 Å². The summed E-state index contributed by atoms with van der Waals surface area (Å²) in [5.41, 5.74) is 3.88. The van der Waals surface area contributed by atoms with E-state index in [0.29, 0.717) is 5.92 Å². The van der Waals surface area contributed by atoms with Crippen molar-refractivity contribution >= 4 is 16.9 Å². The highest BCUT2D eigenvalue weighted by Gasteiger charge is 2.33. The summed E-state index contributed by atoms with van der Waals surface area (Å²) in [6.07, 6.45) is 8.38. The Balaban J connectivity index is 1.35. The van der Waals surface area contributed by atoms with Gasteiger partial charge in [0.25, 0.3) is 5.91 Å². The zero-order valence-corrected chi connectivity index (χ0v) is 15.6. The van der Waals surface area contributed by atoms with Crippen molar-refractivity contribution in [1.29, 1.82) is 0 Å². The largest absolute Gasteiger partial charge is 0.338 e. The van der Waals surface area contributed by atoms with E-state index < -0.39 is 0 Å². The molecule has 2 atom stereocenters. The minimum atomic E-state index is 0.182. The summed E-state index contributed by atoms with van der Waals surface area (Å²) in [6, 6.07) is 16.1. The predicted molar refractivity (Wildman–Crippen MR) is 107 cm³/mol. The van der Waals surface area contributed by atoms with Crippen LogP contribution in [-0.2, 0) is 0 Å². The molecule has 0 spiro atoms. The van der Waals surface area contributed by atoms with Gasteiger partial charge in [-0.15, -0.1) is 0 Å². The topological polar surface area (TPSA) is 38.1 Å². The van der Waals surface area contributed by atoms with Gasteiger partial charge in [0.2, 0.25) is 0 Å². The third-order valence-corrected chi connectivity index (χ3v) is 6.42. The minimum Gasteiger partial charge on any atom is -0.338 e. The van der Waals surface area contributed by atoms with Gasteiger partial charge >= 0.3 is 0 Å². The van der Waals surface area contributed by atoms with E-state index in [1.165, 1.54) is 32.1 Å². The fraction of sp³-hybridized carbons (Fsp3) is 0.391. The van der Waals surface area contributed by atoms with Crippen LogP contribution in [0.25, 0.3) is 16.7 Å². The number of imidazole rings is 1. The highest BCUT2D eigenvalue weighted by molar-refractivity contribution is 5.94. The first-order valence-electron chi connectivity index (χ1n) is 10.1. The van der Waals surface area contributed by atoms with Gasteiger partial charge in [0, 0.05) is 24.3 Å². The Bertz CT molecular complexity index is 959. The Morgan fingerprint density at radius 1 is 0.926 bits per heavy atom. The second-order valence-electron chi connectivity index (χ2n) is 7.99. The van der Waals surface area contributed by atoms with Gasteiger partial charge in [-0.05, 0) is 61.1 Å². The van der Waals surface area contributed by atoms with Crippen LogP contribution in [0, 0.1) is 11.8 Å². The van der Waals surface area contributed by atoms with Crippen LogP contribution in [-0.4, -0.2) is 33.4 Å². The number of carbonyl (C=O) groups excluding carboxylic acids is 1. The number of rotatable bonds is 2. The second kappa shape index (κ2) is 6.84. The average Bonchev–Trinajstić information content (AvgIpc) is 3.17. The molecule has 0 N–H and O–H groups in total. The quantitative estimate of drug-likeness (QED) is 0.666. The van der Waals surface area contributed by atoms with E-state index in [9.17, 15) is 4.79 Å². The van der Waals surface area contributed by atoms with Crippen LogP contribution >= 0.6 is 0 Å². The maximum absolute atomic E-state index is 13.0. The monoisotopic (exact) mass is 359 g/mol. The maximum Gasteiger partial charge on any atom is 0.253 e. The normalized spacial score (nSPS) is 22.6. The molecule has 4 heteroatoms. The molecule has 1 aliphatic heterocycles. The van der Waals surface area contributed by atoms with Crippen molar-refractivity contribution in [2.45, 2.75) is 32.1 Å². The van der Waals surface area contributed by atoms with Crippen LogP contribution < -0.4 is 0 Å². The molecule has 1 amide bonds. The zero-order valence-electron chi connectivity index (χ0n) is 15.6. The number of hydrogen-bond donors (Lipinski definition) is 0. The minimum absolute atomic E-state index is 0.182. The van der Waals surface area contributed by atoms with E-state index in [1.807, 2.05) is 48.8 Å². The Morgan fingerprint density at radius 3 is 2.56 bits per heavy atom. The molecular formula is C23H25N3O. The molecule has 138 valence electrons. The fourth-order valence-electron chi connectivity index (χ4n) is 4.90. The number of aromatic nitrogens is 2. The Hall–Kier alpha value is -2.62. The van der Waals surface area contributed by atoms with Crippen LogP contribution in [0.2, 0.25) is 0 Å². The summed E-state index contributed by atoms with van der Waals surface area (Å²) in [6.45, 7) is 1.85. The zero-order chi connectivity index (χ0) is 18.2. The van der Waals surface area contributed by atoms with Crippen molar-refractivity contribution in [2.24, 2.45) is 11.8 Å². The Kier molecular flexibility index (Phi) is 4.19. The number of amides is 1. The number of hydrogen-bond acceptors (Lipinski definition) is 2. The average molecular weight is 359 g/mol. The number of piperidine rings is 1. The van der Waals surface area contributed by atoms with E-state index in [0.717, 1.165) is 41.3 Å². The van der Waals surface area contributed by atoms with Gasteiger partial charge in [-0.1, -0.05) is 31.4 Å². The van der Waals surface area contributed by atoms with E-state index >= 15 is 0 Å². The smallest absolute Gasteiger partial charge is 0.253 e. The molecule has 3 aromatic rings. The van der Waals surface area contributed by atoms with E-state index in [1.54, 1.807) is 0 Å². The van der Waals surface area contributed by atoms with E-state index in [4.69, 9.17) is 0 Å². The number of likely N-dealkylation sites (tertiary alicyclic amines) is 1. The molecule has 4 nitrogen and oxygen atoms in total. The van der Waals surface area contributed by atoms with Gasteiger partial charge in [-0.3, -0.25) is 9.36 Å². The van der Waals surface area contributed by atoms with Crippen LogP contribution in [0.3, 0.4) is 0 Å². The molecule has 2 heterocycles. The third-order valence-electron chi connectivity index (χ3n) is 6.42. The Morgan fingerprint density at radius 2 is 1.70 bits per heavy atom. The van der Waals surface area contributed by atoms with Gasteiger partial charge in [-0.25, -0.2) is 4.98 Å². The lowest BCUT2D eigenvalue weighted by molar-refractivity contribution is 0.0521. The number of para-hydroxylation sites is 2. The van der Waals surface area contributed by atoms with Crippen molar-refractivity contribution in [3.05, 3.63) is 60.4 Å². The van der Waals surface area contributed by atoms with Crippen LogP contribution in [0.1, 0.15) is 42.5 Å². The SMILES string of the molecule is O=C(c1ccc(-n2cnc3ccccc32)cc1)N1CC[C@H]2CCCC[C@@H]2C1. The first-order chi connectivity index (χ1) is 13.3. The molecule has 5 rings (SSSR count). The van der Waals surface area contributed by atoms with Gasteiger partial charge in [0.05, 0.1) is 11.0 Å². The number of carbonyl (C=O) groups is 1. The lowest BCUT2D eigenvalue weighted by Gasteiger charge is -2.41. The summed E-state index contributed by atoms with van der Waals surface area (Å²) in [5.74, 6) is 1.74. The predicted octanol–water partition coefficient (Wildman–Crippen LogP) is 4.68. The number of nitrogens with zero attached hydrogens (tertiary/aromatic N) is 3. The molecule has 2 aliphatic rings. The molecular weight excluding hydrogens is 334 g/mol. The lowest BCUT2D eigenvalue weighted by Crippen LogP contribution is -2.44. The molecule has 0 radical (unpaired) electrons. The standard InChI is InChI=1S/C23H25N3O/c27-23(25-14-13-17-5-1-2-6-19(17)15-25)18-9-11-20(12-10-18)26-16-24-21-7-3-4-8-22(21)26/h3-4,7-12,16-17,19H,1-2,5-6,13-15H2/t17-,19-/m1/s1. The summed E-state index contributed by atoms with van der Waals surface area (Å²) in [4.78, 5) is 19.5. The van der Waals surface area contributed by atoms with E-state index in [2.05, 4.69) is 20.5 Å². The Labute approximate surface area is 159 Å². The lowest BCUT2D eigenvalue weighted by atomic mass is 9.75. The molecule has 1 saturated heterocycles. The summed E-state index contributed by atoms with van der Waals surface area (Å²) in [5, 5.41) is 0. The maximum atomic E-state index is 13.0. The molecule has 1 saturated carbocycles. The summed E-state index contributed by atoms with van der Waals surface area (Å²) in [7, 11) is 0. The summed E-state index contributed by atoms with van der Waals surface area (Å²) >= 11 is 0. The van der Waals surface area contributed by atoms with Crippen LogP contribution in [0.5, 0.6) is 0 Å². The fourth-order valence-corrected chi connectivity index (χ4v) is 4.90. The molecule has 0 bridgehead atoms. The van der Waals surface area contributed by atoms with Crippen molar-refractivity contribution in [1.82, 2.24) is 14.5 Å². The molecule has 0 unspecified atom stereocenters. The van der Waals surface area contributed by atoms with Crippen LogP contribution in [0.4, 0.5) is 0 Å². The van der Waals surface area contributed by atoms with Gasteiger partial charge in [0.1, 0.15) is 6.33 Å². The van der Waals surface area contributed by atoms with Crippen molar-refractivity contribution in [3.63, 3.8) is 0 Å². The second-order valence-corrected chi connectivity index (χ2v) is 7.99. The van der Waals surface area contributed by atoms with Crippen molar-refractivity contribution < 1.29 is 4.79 Å². The molecule has 1 aromatic heterocycles. The van der Waals surface area contributed by atoms with Gasteiger partial charge < -0.3 is 4.90 Å². The first kappa shape index (κ1) is 16.5. The highest BCUT2D eigenvalue weighted by Crippen LogP contribution is 2.36. The molecule has 2 aromatic carbocycles. The van der Waals surface area contributed by atoms with E-state index in [-0.39, 0.29) is 5.91 Å². The highest BCUT2D eigenvalue weighted by atomic mass is 16.2. The number of fused-ring (bicyclic) bond motifs is 2. The third kappa shape index (κ3) is 3.03.